The van der Waals surface area contributed by atoms with Gasteiger partial charge >= 0.3 is 0 Å². The number of carbonyl (C=O) groups is 1. The Balaban J connectivity index is 1.33. The molecule has 8 heteroatoms. The highest BCUT2D eigenvalue weighted by molar-refractivity contribution is 7.88. The van der Waals surface area contributed by atoms with E-state index in [1.807, 2.05) is 72.3 Å². The lowest BCUT2D eigenvalue weighted by Gasteiger charge is -2.30. The van der Waals surface area contributed by atoms with Gasteiger partial charge in [0.1, 0.15) is 5.82 Å². The predicted octanol–water partition coefficient (Wildman–Crippen LogP) is 3.04. The lowest BCUT2D eigenvalue weighted by Crippen LogP contribution is -2.43. The van der Waals surface area contributed by atoms with Crippen LogP contribution in [0.25, 0.3) is 5.69 Å². The minimum Gasteiger partial charge on any atom is -0.352 e. The standard InChI is InChI=1S/C24H28N4O3S/c1-19-25-13-16-28(19)23-10-6-5-9-22(23)17-26-24(29)21-11-14-27(15-12-21)32(30,31)18-20-7-3-2-4-8-20/h2-10,13,16,21H,11-12,14-15,17-18H2,1H3,(H,26,29). The Kier molecular flexibility index (Phi) is 6.72. The third-order valence-electron chi connectivity index (χ3n) is 5.94. The number of nitrogens with zero attached hydrogens (tertiary/aromatic N) is 3. The number of amides is 1. The molecule has 0 spiro atoms. The average molecular weight is 453 g/mol. The first-order valence-corrected chi connectivity index (χ1v) is 12.4. The normalized spacial score (nSPS) is 15.5. The van der Waals surface area contributed by atoms with E-state index in [4.69, 9.17) is 0 Å². The number of rotatable bonds is 7. The number of piperidine rings is 1. The molecule has 0 bridgehead atoms. The van der Waals surface area contributed by atoms with Crippen molar-refractivity contribution in [1.82, 2.24) is 19.2 Å². The molecule has 0 aliphatic carbocycles. The van der Waals surface area contributed by atoms with E-state index in [0.717, 1.165) is 22.6 Å². The van der Waals surface area contributed by atoms with Crippen LogP contribution in [0.1, 0.15) is 29.8 Å². The summed E-state index contributed by atoms with van der Waals surface area (Å²) >= 11 is 0. The summed E-state index contributed by atoms with van der Waals surface area (Å²) in [4.78, 5) is 17.1. The van der Waals surface area contributed by atoms with E-state index in [9.17, 15) is 13.2 Å². The Morgan fingerprint density at radius 3 is 2.44 bits per heavy atom. The third-order valence-corrected chi connectivity index (χ3v) is 7.79. The minimum absolute atomic E-state index is 0.00481. The molecule has 2 aromatic carbocycles. The van der Waals surface area contributed by atoms with Gasteiger partial charge in [0.15, 0.2) is 0 Å². The summed E-state index contributed by atoms with van der Waals surface area (Å²) in [6.07, 6.45) is 4.72. The Hall–Kier alpha value is -2.97. The second-order valence-corrected chi connectivity index (χ2v) is 10.1. The molecule has 1 fully saturated rings. The molecule has 32 heavy (non-hydrogen) atoms. The van der Waals surface area contributed by atoms with Crippen molar-refractivity contribution in [2.75, 3.05) is 13.1 Å². The van der Waals surface area contributed by atoms with Gasteiger partial charge in [0, 0.05) is 37.9 Å². The second kappa shape index (κ2) is 9.67. The van der Waals surface area contributed by atoms with Crippen LogP contribution in [0.3, 0.4) is 0 Å². The van der Waals surface area contributed by atoms with Crippen LogP contribution >= 0.6 is 0 Å². The number of aromatic nitrogens is 2. The van der Waals surface area contributed by atoms with Crippen LogP contribution in [0.15, 0.2) is 67.0 Å². The second-order valence-electron chi connectivity index (χ2n) is 8.11. The summed E-state index contributed by atoms with van der Waals surface area (Å²) in [7, 11) is -3.38. The van der Waals surface area contributed by atoms with Gasteiger partial charge in [0.05, 0.1) is 11.4 Å². The topological polar surface area (TPSA) is 84.3 Å². The Bertz CT molecular complexity index is 1170. The Morgan fingerprint density at radius 1 is 1.06 bits per heavy atom. The highest BCUT2D eigenvalue weighted by Crippen LogP contribution is 2.22. The van der Waals surface area contributed by atoms with Crippen LogP contribution in [-0.2, 0) is 27.1 Å². The molecule has 168 valence electrons. The Labute approximate surface area is 189 Å². The number of para-hydroxylation sites is 1. The van der Waals surface area contributed by atoms with Crippen LogP contribution in [0.2, 0.25) is 0 Å². The van der Waals surface area contributed by atoms with E-state index in [1.54, 1.807) is 6.20 Å². The number of carbonyl (C=O) groups excluding carboxylic acids is 1. The molecule has 1 N–H and O–H groups in total. The monoisotopic (exact) mass is 452 g/mol. The van der Waals surface area contributed by atoms with Crippen LogP contribution in [0.5, 0.6) is 0 Å². The molecule has 0 radical (unpaired) electrons. The van der Waals surface area contributed by atoms with Gasteiger partial charge in [-0.15, -0.1) is 0 Å². The van der Waals surface area contributed by atoms with Crippen LogP contribution in [0.4, 0.5) is 0 Å². The number of aryl methyl sites for hydroxylation is 1. The number of sulfonamides is 1. The third kappa shape index (κ3) is 5.08. The van der Waals surface area contributed by atoms with Crippen molar-refractivity contribution in [1.29, 1.82) is 0 Å². The zero-order chi connectivity index (χ0) is 22.6. The molecule has 1 amide bonds. The average Bonchev–Trinajstić information content (AvgIpc) is 3.24. The highest BCUT2D eigenvalue weighted by Gasteiger charge is 2.31. The molecule has 7 nitrogen and oxygen atoms in total. The van der Waals surface area contributed by atoms with E-state index in [0.29, 0.717) is 32.5 Å². The van der Waals surface area contributed by atoms with Crippen molar-refractivity contribution in [2.45, 2.75) is 32.1 Å². The molecular weight excluding hydrogens is 424 g/mol. The van der Waals surface area contributed by atoms with Gasteiger partial charge < -0.3 is 9.88 Å². The number of hydrogen-bond acceptors (Lipinski definition) is 4. The summed E-state index contributed by atoms with van der Waals surface area (Å²) < 4.78 is 29.0. The first-order valence-electron chi connectivity index (χ1n) is 10.8. The van der Waals surface area contributed by atoms with Crippen LogP contribution in [0, 0.1) is 12.8 Å². The van der Waals surface area contributed by atoms with Crippen molar-refractivity contribution in [2.24, 2.45) is 5.92 Å². The fourth-order valence-electron chi connectivity index (χ4n) is 4.13. The molecule has 1 saturated heterocycles. The van der Waals surface area contributed by atoms with Gasteiger partial charge in [-0.2, -0.15) is 0 Å². The first kappa shape index (κ1) is 22.2. The zero-order valence-corrected chi connectivity index (χ0v) is 19.0. The molecule has 0 saturated carbocycles. The van der Waals surface area contributed by atoms with E-state index in [1.165, 1.54) is 4.31 Å². The quantitative estimate of drug-likeness (QED) is 0.597. The lowest BCUT2D eigenvalue weighted by atomic mass is 9.97. The van der Waals surface area contributed by atoms with Crippen molar-refractivity contribution in [3.05, 3.63) is 83.9 Å². The molecule has 0 unspecified atom stereocenters. The highest BCUT2D eigenvalue weighted by atomic mass is 32.2. The van der Waals surface area contributed by atoms with E-state index < -0.39 is 10.0 Å². The van der Waals surface area contributed by atoms with Gasteiger partial charge in [-0.1, -0.05) is 48.5 Å². The van der Waals surface area contributed by atoms with Crippen LogP contribution in [-0.4, -0.2) is 41.3 Å². The van der Waals surface area contributed by atoms with Gasteiger partial charge in [0.25, 0.3) is 0 Å². The van der Waals surface area contributed by atoms with Gasteiger partial charge in [0.2, 0.25) is 15.9 Å². The number of benzene rings is 2. The van der Waals surface area contributed by atoms with Crippen molar-refractivity contribution in [3.63, 3.8) is 0 Å². The summed E-state index contributed by atoms with van der Waals surface area (Å²) in [5.74, 6) is 0.672. The molecule has 2 heterocycles. The van der Waals surface area contributed by atoms with Crippen molar-refractivity contribution >= 4 is 15.9 Å². The fourth-order valence-corrected chi connectivity index (χ4v) is 5.69. The predicted molar refractivity (Wildman–Crippen MR) is 124 cm³/mol. The minimum atomic E-state index is -3.38. The van der Waals surface area contributed by atoms with Gasteiger partial charge in [-0.25, -0.2) is 17.7 Å². The summed E-state index contributed by atoms with van der Waals surface area (Å²) in [6, 6.07) is 17.1. The SMILES string of the molecule is Cc1nccn1-c1ccccc1CNC(=O)C1CCN(S(=O)(=O)Cc2ccccc2)CC1. The first-order chi connectivity index (χ1) is 15.4. The van der Waals surface area contributed by atoms with E-state index >= 15 is 0 Å². The fraction of sp³-hybridized carbons (Fsp3) is 0.333. The number of imidazole rings is 1. The van der Waals surface area contributed by atoms with E-state index in [2.05, 4.69) is 10.3 Å². The molecule has 4 rings (SSSR count). The molecule has 1 aliphatic heterocycles. The molecule has 1 aromatic heterocycles. The Morgan fingerprint density at radius 2 is 1.75 bits per heavy atom. The molecular formula is C24H28N4O3S. The maximum absolute atomic E-state index is 12.8. The molecule has 0 atom stereocenters. The maximum atomic E-state index is 12.8. The molecule has 1 aliphatic rings. The largest absolute Gasteiger partial charge is 0.352 e. The van der Waals surface area contributed by atoms with Gasteiger partial charge in [-0.3, -0.25) is 4.79 Å². The summed E-state index contributed by atoms with van der Waals surface area (Å²) in [5.41, 5.74) is 2.77. The van der Waals surface area contributed by atoms with Crippen LogP contribution < -0.4 is 5.32 Å². The number of hydrogen-bond donors (Lipinski definition) is 1. The molecule has 3 aromatic rings. The number of nitrogens with one attached hydrogen (secondary N) is 1. The maximum Gasteiger partial charge on any atom is 0.223 e. The van der Waals surface area contributed by atoms with Crippen molar-refractivity contribution < 1.29 is 13.2 Å². The van der Waals surface area contributed by atoms with Crippen molar-refractivity contribution in [3.8, 4) is 5.69 Å². The smallest absolute Gasteiger partial charge is 0.223 e. The lowest BCUT2D eigenvalue weighted by molar-refractivity contribution is -0.126. The van der Waals surface area contributed by atoms with Gasteiger partial charge in [-0.05, 0) is 37.0 Å². The summed E-state index contributed by atoms with van der Waals surface area (Å²) in [5, 5.41) is 3.04. The van der Waals surface area contributed by atoms with E-state index in [-0.39, 0.29) is 17.6 Å². The summed E-state index contributed by atoms with van der Waals surface area (Å²) in [6.45, 7) is 3.10. The zero-order valence-electron chi connectivity index (χ0n) is 18.1.